The smallest absolute Gasteiger partial charge is 0.416 e. The van der Waals surface area contributed by atoms with E-state index in [4.69, 9.17) is 11.0 Å². The van der Waals surface area contributed by atoms with Crippen LogP contribution in [0.25, 0.3) is 5.57 Å². The number of alkyl halides is 3. The van der Waals surface area contributed by atoms with Crippen LogP contribution in [-0.2, 0) is 22.4 Å². The molecule has 9 heteroatoms. The van der Waals surface area contributed by atoms with Crippen molar-refractivity contribution in [1.29, 1.82) is 0 Å². The van der Waals surface area contributed by atoms with Gasteiger partial charge in [-0.05, 0) is 36.1 Å². The standard InChI is InChI=1S/C17H18F3N3O3/c18-17(19,20)14-5-1-3-12(9-14)13(10-23-8-7-22-11-23)4-2-6-15(26-21)16(24)25/h1,3-5,7-9,11,15H,2,6,10,21H2,(H,24,25). The highest BCUT2D eigenvalue weighted by Crippen LogP contribution is 2.31. The Morgan fingerprint density at radius 1 is 1.42 bits per heavy atom. The van der Waals surface area contributed by atoms with Crippen LogP contribution >= 0.6 is 0 Å². The molecule has 3 N–H and O–H groups in total. The molecule has 140 valence electrons. The van der Waals surface area contributed by atoms with Gasteiger partial charge in [0.1, 0.15) is 0 Å². The van der Waals surface area contributed by atoms with Crippen LogP contribution in [0.4, 0.5) is 13.2 Å². The maximum atomic E-state index is 13.0. The van der Waals surface area contributed by atoms with Gasteiger partial charge in [0.25, 0.3) is 0 Å². The van der Waals surface area contributed by atoms with Crippen molar-refractivity contribution in [3.63, 3.8) is 0 Å². The molecular formula is C17H18F3N3O3. The molecule has 26 heavy (non-hydrogen) atoms. The van der Waals surface area contributed by atoms with Crippen LogP contribution in [-0.4, -0.2) is 26.7 Å². The Kier molecular flexibility index (Phi) is 6.53. The first kappa shape index (κ1) is 19.7. The molecule has 0 fully saturated rings. The van der Waals surface area contributed by atoms with Gasteiger partial charge in [-0.1, -0.05) is 18.2 Å². The molecule has 6 nitrogen and oxygen atoms in total. The summed E-state index contributed by atoms with van der Waals surface area (Å²) in [5, 5.41) is 8.93. The number of aromatic nitrogens is 2. The second-order valence-corrected chi connectivity index (χ2v) is 5.58. The van der Waals surface area contributed by atoms with Crippen molar-refractivity contribution < 1.29 is 27.9 Å². The molecule has 0 amide bonds. The molecule has 0 bridgehead atoms. The molecule has 0 spiro atoms. The van der Waals surface area contributed by atoms with E-state index in [0.29, 0.717) is 17.7 Å². The number of hydrogen-bond donors (Lipinski definition) is 2. The van der Waals surface area contributed by atoms with Crippen LogP contribution in [0.15, 0.2) is 49.1 Å². The normalized spacial score (nSPS) is 13.6. The lowest BCUT2D eigenvalue weighted by atomic mass is 10.0. The lowest BCUT2D eigenvalue weighted by Gasteiger charge is -2.13. The van der Waals surface area contributed by atoms with Crippen LogP contribution in [0, 0.1) is 0 Å². The number of benzene rings is 1. The summed E-state index contributed by atoms with van der Waals surface area (Å²) in [6, 6.07) is 4.98. The van der Waals surface area contributed by atoms with Crippen LogP contribution in [0.1, 0.15) is 24.0 Å². The summed E-state index contributed by atoms with van der Waals surface area (Å²) in [5.74, 6) is 3.74. The number of imidazole rings is 1. The Hall–Kier alpha value is -2.65. The fourth-order valence-corrected chi connectivity index (χ4v) is 2.40. The molecule has 2 rings (SSSR count). The second-order valence-electron chi connectivity index (χ2n) is 5.58. The molecule has 0 saturated carbocycles. The van der Waals surface area contributed by atoms with Gasteiger partial charge >= 0.3 is 12.1 Å². The van der Waals surface area contributed by atoms with Gasteiger partial charge in [-0.25, -0.2) is 15.7 Å². The minimum absolute atomic E-state index is 0.0955. The van der Waals surface area contributed by atoms with Crippen molar-refractivity contribution in [2.24, 2.45) is 5.90 Å². The van der Waals surface area contributed by atoms with Gasteiger partial charge in [-0.2, -0.15) is 13.2 Å². The van der Waals surface area contributed by atoms with Gasteiger partial charge in [-0.3, -0.25) is 4.84 Å². The van der Waals surface area contributed by atoms with Gasteiger partial charge in [0.2, 0.25) is 0 Å². The van der Waals surface area contributed by atoms with Gasteiger partial charge in [0.05, 0.1) is 11.9 Å². The average Bonchev–Trinajstić information content (AvgIpc) is 3.10. The highest BCUT2D eigenvalue weighted by molar-refractivity contribution is 5.72. The van der Waals surface area contributed by atoms with E-state index >= 15 is 0 Å². The maximum absolute atomic E-state index is 13.0. The fourth-order valence-electron chi connectivity index (χ4n) is 2.40. The van der Waals surface area contributed by atoms with E-state index in [0.717, 1.165) is 12.1 Å². The van der Waals surface area contributed by atoms with Crippen molar-refractivity contribution in [3.05, 3.63) is 60.2 Å². The lowest BCUT2D eigenvalue weighted by molar-refractivity contribution is -0.151. The number of carboxylic acids is 1. The van der Waals surface area contributed by atoms with Crippen molar-refractivity contribution in [2.75, 3.05) is 0 Å². The Labute approximate surface area is 147 Å². The molecular weight excluding hydrogens is 351 g/mol. The predicted octanol–water partition coefficient (Wildman–Crippen LogP) is 3.11. The van der Waals surface area contributed by atoms with Crippen LogP contribution < -0.4 is 5.90 Å². The highest BCUT2D eigenvalue weighted by Gasteiger charge is 2.30. The van der Waals surface area contributed by atoms with E-state index in [9.17, 15) is 18.0 Å². The molecule has 0 saturated heterocycles. The molecule has 1 aromatic heterocycles. The Morgan fingerprint density at radius 2 is 2.19 bits per heavy atom. The summed E-state index contributed by atoms with van der Waals surface area (Å²) in [7, 11) is 0. The molecule has 1 atom stereocenters. The number of hydrogen-bond acceptors (Lipinski definition) is 4. The summed E-state index contributed by atoms with van der Waals surface area (Å²) in [6.45, 7) is 0.294. The van der Waals surface area contributed by atoms with Crippen molar-refractivity contribution in [1.82, 2.24) is 9.55 Å². The molecule has 1 unspecified atom stereocenters. The number of carboxylic acid groups (broad SMARTS) is 1. The van der Waals surface area contributed by atoms with Gasteiger partial charge < -0.3 is 9.67 Å². The number of allylic oxidation sites excluding steroid dienone is 2. The molecule has 0 aliphatic carbocycles. The topological polar surface area (TPSA) is 90.4 Å². The molecule has 2 aromatic rings. The first-order valence-corrected chi connectivity index (χ1v) is 7.72. The molecule has 1 heterocycles. The lowest BCUT2D eigenvalue weighted by Crippen LogP contribution is -2.26. The Morgan fingerprint density at radius 3 is 2.77 bits per heavy atom. The monoisotopic (exact) mass is 369 g/mol. The molecule has 0 radical (unpaired) electrons. The number of halogens is 3. The van der Waals surface area contributed by atoms with Gasteiger partial charge in [0.15, 0.2) is 6.10 Å². The number of nitrogens with two attached hydrogens (primary N) is 1. The molecule has 0 aliphatic rings. The molecule has 1 aromatic carbocycles. The summed E-state index contributed by atoms with van der Waals surface area (Å²) in [5.41, 5.74) is 0.254. The average molecular weight is 369 g/mol. The van der Waals surface area contributed by atoms with E-state index in [1.165, 1.54) is 6.07 Å². The summed E-state index contributed by atoms with van der Waals surface area (Å²) < 4.78 is 40.6. The zero-order valence-corrected chi connectivity index (χ0v) is 13.7. The number of rotatable bonds is 8. The third-order valence-corrected chi connectivity index (χ3v) is 3.73. The third kappa shape index (κ3) is 5.43. The van der Waals surface area contributed by atoms with E-state index < -0.39 is 23.8 Å². The second kappa shape index (κ2) is 8.63. The summed E-state index contributed by atoms with van der Waals surface area (Å²) in [4.78, 5) is 19.2. The quantitative estimate of drug-likeness (QED) is 0.698. The Bertz CT molecular complexity index is 758. The zero-order chi connectivity index (χ0) is 19.2. The van der Waals surface area contributed by atoms with E-state index in [1.807, 2.05) is 0 Å². The first-order chi connectivity index (χ1) is 12.3. The Balaban J connectivity index is 2.26. The van der Waals surface area contributed by atoms with Crippen molar-refractivity contribution in [3.8, 4) is 0 Å². The van der Waals surface area contributed by atoms with E-state index in [-0.39, 0.29) is 12.8 Å². The summed E-state index contributed by atoms with van der Waals surface area (Å²) in [6.07, 6.45) is 1.22. The first-order valence-electron chi connectivity index (χ1n) is 7.72. The van der Waals surface area contributed by atoms with Crippen molar-refractivity contribution in [2.45, 2.75) is 31.7 Å². The highest BCUT2D eigenvalue weighted by atomic mass is 19.4. The number of aliphatic carboxylic acids is 1. The van der Waals surface area contributed by atoms with Crippen LogP contribution in [0.2, 0.25) is 0 Å². The number of carbonyl (C=O) groups is 1. The maximum Gasteiger partial charge on any atom is 0.416 e. The number of nitrogens with zero attached hydrogens (tertiary/aromatic N) is 2. The largest absolute Gasteiger partial charge is 0.479 e. The third-order valence-electron chi connectivity index (χ3n) is 3.73. The summed E-state index contributed by atoms with van der Waals surface area (Å²) >= 11 is 0. The van der Waals surface area contributed by atoms with Gasteiger partial charge in [-0.15, -0.1) is 0 Å². The minimum Gasteiger partial charge on any atom is -0.479 e. The van der Waals surface area contributed by atoms with Crippen molar-refractivity contribution >= 4 is 11.5 Å². The zero-order valence-electron chi connectivity index (χ0n) is 13.7. The van der Waals surface area contributed by atoms with E-state index in [1.54, 1.807) is 35.4 Å². The van der Waals surface area contributed by atoms with Crippen LogP contribution in [0.3, 0.4) is 0 Å². The molecule has 0 aliphatic heterocycles. The van der Waals surface area contributed by atoms with Gasteiger partial charge in [0, 0.05) is 18.9 Å². The van der Waals surface area contributed by atoms with E-state index in [2.05, 4.69) is 9.82 Å². The SMILES string of the molecule is NOC(CCC=C(Cn1ccnc1)c1cccc(C(F)(F)F)c1)C(=O)O. The predicted molar refractivity (Wildman–Crippen MR) is 87.6 cm³/mol. The minimum atomic E-state index is -4.45. The van der Waals surface area contributed by atoms with Crippen LogP contribution in [0.5, 0.6) is 0 Å². The fraction of sp³-hybridized carbons (Fsp3) is 0.294.